The average Bonchev–Trinajstić information content (AvgIpc) is 2.24. The molecule has 3 heteroatoms. The predicted molar refractivity (Wildman–Crippen MR) is 57.2 cm³/mol. The first-order chi connectivity index (χ1) is 7.25. The lowest BCUT2D eigenvalue weighted by atomic mass is 10.1. The van der Waals surface area contributed by atoms with E-state index in [1.54, 1.807) is 4.90 Å². The van der Waals surface area contributed by atoms with E-state index in [-0.39, 0.29) is 11.7 Å². The number of benzene rings is 1. The Labute approximate surface area is 88.6 Å². The molecule has 2 rings (SSSR count). The summed E-state index contributed by atoms with van der Waals surface area (Å²) in [4.78, 5) is 13.2. The minimum atomic E-state index is -0.109. The zero-order valence-electron chi connectivity index (χ0n) is 8.39. The van der Waals surface area contributed by atoms with Gasteiger partial charge in [0, 0.05) is 25.6 Å². The molecule has 1 aromatic carbocycles. The van der Waals surface area contributed by atoms with Crippen LogP contribution in [0.2, 0.25) is 0 Å². The van der Waals surface area contributed by atoms with Crippen LogP contribution in [0.15, 0.2) is 42.2 Å². The number of carbonyl (C=O) groups excluding carboxylic acids is 1. The van der Waals surface area contributed by atoms with Crippen molar-refractivity contribution >= 4 is 5.91 Å². The summed E-state index contributed by atoms with van der Waals surface area (Å²) < 4.78 is 0. The SMILES string of the molecule is O=C1C=C(O)CCN1Cc1ccccc1. The standard InChI is InChI=1S/C12H13NO2/c14-11-6-7-13(12(15)8-11)9-10-4-2-1-3-5-10/h1-5,8,14H,6-7,9H2. The van der Waals surface area contributed by atoms with Gasteiger partial charge in [-0.15, -0.1) is 0 Å². The molecule has 0 aromatic heterocycles. The van der Waals surface area contributed by atoms with Gasteiger partial charge in [-0.25, -0.2) is 0 Å². The van der Waals surface area contributed by atoms with E-state index in [1.165, 1.54) is 6.08 Å². The molecule has 0 radical (unpaired) electrons. The van der Waals surface area contributed by atoms with Crippen molar-refractivity contribution in [2.45, 2.75) is 13.0 Å². The summed E-state index contributed by atoms with van der Waals surface area (Å²) in [6, 6.07) is 9.85. The fraction of sp³-hybridized carbons (Fsp3) is 0.250. The van der Waals surface area contributed by atoms with Crippen molar-refractivity contribution in [2.75, 3.05) is 6.54 Å². The van der Waals surface area contributed by atoms with E-state index in [0.29, 0.717) is 19.5 Å². The van der Waals surface area contributed by atoms with Gasteiger partial charge >= 0.3 is 0 Å². The maximum Gasteiger partial charge on any atom is 0.250 e. The smallest absolute Gasteiger partial charge is 0.250 e. The lowest BCUT2D eigenvalue weighted by Gasteiger charge is -2.24. The van der Waals surface area contributed by atoms with E-state index in [1.807, 2.05) is 30.3 Å². The Morgan fingerprint density at radius 3 is 2.67 bits per heavy atom. The number of nitrogens with zero attached hydrogens (tertiary/aromatic N) is 1. The number of hydrogen-bond donors (Lipinski definition) is 1. The van der Waals surface area contributed by atoms with Gasteiger partial charge in [0.2, 0.25) is 5.91 Å². The summed E-state index contributed by atoms with van der Waals surface area (Å²) in [5.74, 6) is 0.0758. The van der Waals surface area contributed by atoms with Crippen LogP contribution in [-0.2, 0) is 11.3 Å². The summed E-state index contributed by atoms with van der Waals surface area (Å²) in [5, 5.41) is 9.18. The summed E-state index contributed by atoms with van der Waals surface area (Å²) in [5.41, 5.74) is 1.11. The van der Waals surface area contributed by atoms with Gasteiger partial charge < -0.3 is 10.0 Å². The second-order valence-electron chi connectivity index (χ2n) is 3.63. The highest BCUT2D eigenvalue weighted by atomic mass is 16.3. The second-order valence-corrected chi connectivity index (χ2v) is 3.63. The molecule has 1 amide bonds. The number of rotatable bonds is 2. The van der Waals surface area contributed by atoms with Gasteiger partial charge in [-0.1, -0.05) is 30.3 Å². The molecule has 1 heterocycles. The lowest BCUT2D eigenvalue weighted by molar-refractivity contribution is -0.127. The van der Waals surface area contributed by atoms with Crippen LogP contribution in [0.1, 0.15) is 12.0 Å². The minimum Gasteiger partial charge on any atom is -0.512 e. The highest BCUT2D eigenvalue weighted by Gasteiger charge is 2.17. The molecule has 0 saturated carbocycles. The normalized spacial score (nSPS) is 16.4. The number of aliphatic hydroxyl groups excluding tert-OH is 1. The van der Waals surface area contributed by atoms with Gasteiger partial charge in [0.05, 0.1) is 5.76 Å². The molecular formula is C12H13NO2. The Morgan fingerprint density at radius 2 is 2.00 bits per heavy atom. The van der Waals surface area contributed by atoms with Gasteiger partial charge in [-0.05, 0) is 5.56 Å². The third-order valence-corrected chi connectivity index (χ3v) is 2.46. The van der Waals surface area contributed by atoms with Crippen molar-refractivity contribution in [2.24, 2.45) is 0 Å². The van der Waals surface area contributed by atoms with E-state index >= 15 is 0 Å². The molecule has 1 aromatic rings. The molecule has 0 aliphatic carbocycles. The van der Waals surface area contributed by atoms with Gasteiger partial charge in [0.25, 0.3) is 0 Å². The highest BCUT2D eigenvalue weighted by molar-refractivity contribution is 5.88. The number of hydrogen-bond acceptors (Lipinski definition) is 2. The van der Waals surface area contributed by atoms with Crippen molar-refractivity contribution in [3.8, 4) is 0 Å². The molecule has 0 bridgehead atoms. The Kier molecular flexibility index (Phi) is 2.72. The first-order valence-electron chi connectivity index (χ1n) is 4.98. The topological polar surface area (TPSA) is 40.5 Å². The third kappa shape index (κ3) is 2.37. The molecule has 15 heavy (non-hydrogen) atoms. The molecule has 0 atom stereocenters. The van der Waals surface area contributed by atoms with Crippen LogP contribution in [0.3, 0.4) is 0 Å². The van der Waals surface area contributed by atoms with Crippen LogP contribution < -0.4 is 0 Å². The number of amides is 1. The van der Waals surface area contributed by atoms with E-state index < -0.39 is 0 Å². The zero-order chi connectivity index (χ0) is 10.7. The molecular weight excluding hydrogens is 190 g/mol. The second kappa shape index (κ2) is 4.17. The fourth-order valence-corrected chi connectivity index (χ4v) is 1.63. The Hall–Kier alpha value is -1.77. The zero-order valence-corrected chi connectivity index (χ0v) is 8.39. The summed E-state index contributed by atoms with van der Waals surface area (Å²) >= 11 is 0. The molecule has 0 spiro atoms. The largest absolute Gasteiger partial charge is 0.512 e. The van der Waals surface area contributed by atoms with Crippen LogP contribution in [-0.4, -0.2) is 22.5 Å². The van der Waals surface area contributed by atoms with Crippen molar-refractivity contribution in [3.63, 3.8) is 0 Å². The van der Waals surface area contributed by atoms with Crippen LogP contribution in [0.5, 0.6) is 0 Å². The quantitative estimate of drug-likeness (QED) is 0.797. The van der Waals surface area contributed by atoms with Crippen molar-refractivity contribution in [1.29, 1.82) is 0 Å². The van der Waals surface area contributed by atoms with Crippen molar-refractivity contribution in [1.82, 2.24) is 4.90 Å². The van der Waals surface area contributed by atoms with E-state index in [0.717, 1.165) is 5.56 Å². The molecule has 0 saturated heterocycles. The number of carbonyl (C=O) groups is 1. The van der Waals surface area contributed by atoms with Crippen molar-refractivity contribution in [3.05, 3.63) is 47.7 Å². The predicted octanol–water partition coefficient (Wildman–Crippen LogP) is 1.86. The molecule has 1 aliphatic rings. The Balaban J connectivity index is 2.05. The van der Waals surface area contributed by atoms with Gasteiger partial charge in [-0.3, -0.25) is 4.79 Å². The maximum absolute atomic E-state index is 11.5. The molecule has 0 fully saturated rings. The van der Waals surface area contributed by atoms with Gasteiger partial charge in [0.1, 0.15) is 0 Å². The van der Waals surface area contributed by atoms with E-state index in [9.17, 15) is 9.90 Å². The van der Waals surface area contributed by atoms with Crippen LogP contribution in [0.4, 0.5) is 0 Å². The third-order valence-electron chi connectivity index (χ3n) is 2.46. The molecule has 78 valence electrons. The fourth-order valence-electron chi connectivity index (χ4n) is 1.63. The average molecular weight is 203 g/mol. The lowest BCUT2D eigenvalue weighted by Crippen LogP contribution is -2.33. The highest BCUT2D eigenvalue weighted by Crippen LogP contribution is 2.12. The van der Waals surface area contributed by atoms with Crippen LogP contribution in [0, 0.1) is 0 Å². The first-order valence-corrected chi connectivity index (χ1v) is 4.98. The van der Waals surface area contributed by atoms with Crippen LogP contribution >= 0.6 is 0 Å². The molecule has 0 unspecified atom stereocenters. The van der Waals surface area contributed by atoms with Gasteiger partial charge in [-0.2, -0.15) is 0 Å². The van der Waals surface area contributed by atoms with E-state index in [4.69, 9.17) is 0 Å². The number of aliphatic hydroxyl groups is 1. The first kappa shape index (κ1) is 9.77. The Morgan fingerprint density at radius 1 is 1.27 bits per heavy atom. The summed E-state index contributed by atoms with van der Waals surface area (Å²) in [6.45, 7) is 1.21. The summed E-state index contributed by atoms with van der Waals surface area (Å²) in [6.07, 6.45) is 1.85. The van der Waals surface area contributed by atoms with Crippen LogP contribution in [0.25, 0.3) is 0 Å². The van der Waals surface area contributed by atoms with E-state index in [2.05, 4.69) is 0 Å². The molecule has 1 N–H and O–H groups in total. The maximum atomic E-state index is 11.5. The molecule has 3 nitrogen and oxygen atoms in total. The minimum absolute atomic E-state index is 0.109. The Bertz CT molecular complexity index is 384. The van der Waals surface area contributed by atoms with Gasteiger partial charge in [0.15, 0.2) is 0 Å². The molecule has 1 aliphatic heterocycles. The summed E-state index contributed by atoms with van der Waals surface area (Å²) in [7, 11) is 0. The van der Waals surface area contributed by atoms with Crippen molar-refractivity contribution < 1.29 is 9.90 Å². The monoisotopic (exact) mass is 203 g/mol.